The number of carbonyl (C=O) groups excluding carboxylic acids is 1. The number of hydrogen-bond acceptors (Lipinski definition) is 4. The molecule has 0 aliphatic heterocycles. The van der Waals surface area contributed by atoms with Crippen LogP contribution in [-0.4, -0.2) is 25.9 Å². The molecule has 0 saturated carbocycles. The van der Waals surface area contributed by atoms with Crippen molar-refractivity contribution in [1.29, 1.82) is 0 Å². The number of para-hydroxylation sites is 1. The first kappa shape index (κ1) is 21.7. The van der Waals surface area contributed by atoms with E-state index in [0.29, 0.717) is 0 Å². The maximum absolute atomic E-state index is 10.0. The van der Waals surface area contributed by atoms with E-state index in [1.807, 2.05) is 54.6 Å². The zero-order chi connectivity index (χ0) is 15.9. The quantitative estimate of drug-likeness (QED) is 0.328. The Morgan fingerprint density at radius 3 is 1.79 bits per heavy atom. The van der Waals surface area contributed by atoms with E-state index in [1.165, 1.54) is 19.9 Å². The van der Waals surface area contributed by atoms with Crippen LogP contribution in [0.4, 0.5) is 0 Å². The minimum absolute atomic E-state index is 0. The molecular formula is C18H20IrN3O2-. The van der Waals surface area contributed by atoms with Gasteiger partial charge in [-0.2, -0.15) is 4.80 Å². The summed E-state index contributed by atoms with van der Waals surface area (Å²) in [5, 5.41) is 17.1. The third-order valence-corrected chi connectivity index (χ3v) is 2.69. The van der Waals surface area contributed by atoms with Crippen molar-refractivity contribution in [2.45, 2.75) is 13.8 Å². The molecule has 0 bridgehead atoms. The van der Waals surface area contributed by atoms with E-state index in [4.69, 9.17) is 5.11 Å². The normalized spacial score (nSPS) is 10.0. The summed E-state index contributed by atoms with van der Waals surface area (Å²) in [4.78, 5) is 11.7. The largest absolute Gasteiger partial charge is 0.512 e. The zero-order valence-corrected chi connectivity index (χ0v) is 16.2. The average Bonchev–Trinajstić information content (AvgIpc) is 2.91. The van der Waals surface area contributed by atoms with E-state index in [-0.39, 0.29) is 39.1 Å². The van der Waals surface area contributed by atoms with Crippen LogP contribution in [0.25, 0.3) is 16.7 Å². The van der Waals surface area contributed by atoms with E-state index in [0.717, 1.165) is 16.7 Å². The Balaban J connectivity index is 0.000000516. The summed E-state index contributed by atoms with van der Waals surface area (Å²) in [7, 11) is 0. The fourth-order valence-corrected chi connectivity index (χ4v) is 1.83. The number of nitrogens with zero attached hydrogens (tertiary/aromatic N) is 3. The van der Waals surface area contributed by atoms with Crippen molar-refractivity contribution in [1.82, 2.24) is 15.0 Å². The second-order valence-electron chi connectivity index (χ2n) is 4.71. The molecule has 2 aromatic carbocycles. The molecule has 0 saturated heterocycles. The van der Waals surface area contributed by atoms with Gasteiger partial charge in [0.05, 0.1) is 11.4 Å². The van der Waals surface area contributed by atoms with Gasteiger partial charge in [0.1, 0.15) is 11.0 Å². The number of rotatable bonds is 2. The van der Waals surface area contributed by atoms with Gasteiger partial charge in [-0.25, -0.2) is 0 Å². The molecule has 0 atom stereocenters. The molecule has 1 heterocycles. The van der Waals surface area contributed by atoms with Crippen LogP contribution in [0.2, 0.25) is 0 Å². The molecule has 1 radical (unpaired) electrons. The zero-order valence-electron chi connectivity index (χ0n) is 13.8. The first-order chi connectivity index (χ1) is 10.6. The Morgan fingerprint density at radius 2 is 1.42 bits per heavy atom. The maximum Gasteiger partial charge on any atom is 0.155 e. The monoisotopic (exact) mass is 503 g/mol. The molecular weight excluding hydrogens is 482 g/mol. The van der Waals surface area contributed by atoms with Gasteiger partial charge in [0.25, 0.3) is 0 Å². The maximum atomic E-state index is 10.0. The van der Waals surface area contributed by atoms with E-state index in [9.17, 15) is 4.79 Å². The van der Waals surface area contributed by atoms with Crippen molar-refractivity contribution in [2.75, 3.05) is 0 Å². The number of benzene rings is 2. The number of ketones is 1. The molecule has 0 amide bonds. The fourth-order valence-electron chi connectivity index (χ4n) is 1.83. The standard InChI is InChI=1S/C12H9N3.C5H8O2.CH3.Ir/c1-2-6-10(7-3-1)15-13-11-8-4-5-9-12(11)14-15;1-4(6)3-5(2)7;;/h1-9H;3,6H,1-2H3;1H3;/q;;-1;. The molecule has 129 valence electrons. The van der Waals surface area contributed by atoms with Crippen molar-refractivity contribution in [2.24, 2.45) is 0 Å². The Kier molecular flexibility index (Phi) is 9.47. The summed E-state index contributed by atoms with van der Waals surface area (Å²) < 4.78 is 0. The Bertz CT molecular complexity index is 761. The van der Waals surface area contributed by atoms with Crippen LogP contribution < -0.4 is 0 Å². The smallest absolute Gasteiger partial charge is 0.155 e. The third-order valence-electron chi connectivity index (χ3n) is 2.69. The molecule has 0 spiro atoms. The van der Waals surface area contributed by atoms with E-state index in [1.54, 1.807) is 4.80 Å². The molecule has 24 heavy (non-hydrogen) atoms. The van der Waals surface area contributed by atoms with Gasteiger partial charge < -0.3 is 12.5 Å². The van der Waals surface area contributed by atoms with Crippen molar-refractivity contribution >= 4 is 16.8 Å². The van der Waals surface area contributed by atoms with E-state index >= 15 is 0 Å². The van der Waals surface area contributed by atoms with Gasteiger partial charge in [-0.3, -0.25) is 4.79 Å². The van der Waals surface area contributed by atoms with Crippen LogP contribution in [0.5, 0.6) is 0 Å². The van der Waals surface area contributed by atoms with Gasteiger partial charge in [0.15, 0.2) is 5.78 Å². The number of carbonyl (C=O) groups is 1. The van der Waals surface area contributed by atoms with Gasteiger partial charge in [-0.05, 0) is 38.1 Å². The van der Waals surface area contributed by atoms with Crippen LogP contribution in [0, 0.1) is 7.43 Å². The van der Waals surface area contributed by atoms with Crippen LogP contribution >= 0.6 is 0 Å². The molecule has 3 aromatic rings. The van der Waals surface area contributed by atoms with Crippen molar-refractivity contribution in [3.63, 3.8) is 0 Å². The van der Waals surface area contributed by atoms with Crippen molar-refractivity contribution < 1.29 is 30.0 Å². The average molecular weight is 503 g/mol. The minimum Gasteiger partial charge on any atom is -0.512 e. The Labute approximate surface area is 155 Å². The molecule has 1 aromatic heterocycles. The summed E-state index contributed by atoms with van der Waals surface area (Å²) in [5.74, 6) is -0.0625. The van der Waals surface area contributed by atoms with Crippen LogP contribution in [0.15, 0.2) is 66.4 Å². The SMILES string of the molecule is CC(=O)C=C(C)O.[CH3-].[Ir].c1ccc(-n2nc3ccccc3n2)cc1. The van der Waals surface area contributed by atoms with Crippen LogP contribution in [0.3, 0.4) is 0 Å². The number of aliphatic hydroxyl groups is 1. The van der Waals surface area contributed by atoms with Crippen LogP contribution in [0.1, 0.15) is 13.8 Å². The second-order valence-corrected chi connectivity index (χ2v) is 4.71. The van der Waals surface area contributed by atoms with Crippen molar-refractivity contribution in [3.05, 3.63) is 73.9 Å². The molecule has 0 unspecified atom stereocenters. The summed E-state index contributed by atoms with van der Waals surface area (Å²) in [6.45, 7) is 2.85. The number of hydrogen-bond donors (Lipinski definition) is 1. The first-order valence-corrected chi connectivity index (χ1v) is 6.81. The number of fused-ring (bicyclic) bond motifs is 1. The number of aliphatic hydroxyl groups excluding tert-OH is 1. The molecule has 5 nitrogen and oxygen atoms in total. The molecule has 6 heteroatoms. The molecule has 0 aliphatic rings. The third kappa shape index (κ3) is 6.44. The Hall–Kier alpha value is -2.30. The number of aromatic nitrogens is 3. The number of allylic oxidation sites excluding steroid dienone is 2. The van der Waals surface area contributed by atoms with Crippen molar-refractivity contribution in [3.8, 4) is 5.69 Å². The molecule has 1 N–H and O–H groups in total. The predicted molar refractivity (Wildman–Crippen MR) is 92.3 cm³/mol. The summed E-state index contributed by atoms with van der Waals surface area (Å²) >= 11 is 0. The van der Waals surface area contributed by atoms with E-state index in [2.05, 4.69) is 10.2 Å². The van der Waals surface area contributed by atoms with Crippen LogP contribution in [-0.2, 0) is 24.9 Å². The van der Waals surface area contributed by atoms with Gasteiger partial charge in [0.2, 0.25) is 0 Å². The topological polar surface area (TPSA) is 68.0 Å². The predicted octanol–water partition coefficient (Wildman–Crippen LogP) is 3.91. The molecule has 0 fully saturated rings. The summed E-state index contributed by atoms with van der Waals surface area (Å²) in [5.41, 5.74) is 2.82. The van der Waals surface area contributed by atoms with E-state index < -0.39 is 0 Å². The van der Waals surface area contributed by atoms with Gasteiger partial charge in [-0.1, -0.05) is 30.3 Å². The molecule has 3 rings (SSSR count). The molecule has 0 aliphatic carbocycles. The van der Waals surface area contributed by atoms with Gasteiger partial charge in [-0.15, -0.1) is 10.2 Å². The minimum atomic E-state index is -0.125. The fraction of sp³-hybridized carbons (Fsp3) is 0.111. The van der Waals surface area contributed by atoms with Gasteiger partial charge >= 0.3 is 0 Å². The Morgan fingerprint density at radius 1 is 0.958 bits per heavy atom. The summed E-state index contributed by atoms with van der Waals surface area (Å²) in [6.07, 6.45) is 1.17. The summed E-state index contributed by atoms with van der Waals surface area (Å²) in [6, 6.07) is 17.7. The van der Waals surface area contributed by atoms with Gasteiger partial charge in [0, 0.05) is 26.2 Å². The second kappa shape index (κ2) is 10.5. The first-order valence-electron chi connectivity index (χ1n) is 6.81.